The van der Waals surface area contributed by atoms with Crippen molar-refractivity contribution < 1.29 is 9.59 Å². The Morgan fingerprint density at radius 1 is 0.944 bits per heavy atom. The van der Waals surface area contributed by atoms with Crippen LogP contribution in [-0.2, 0) is 16.0 Å². The Kier molecular flexibility index (Phi) is 7.13. The van der Waals surface area contributed by atoms with Gasteiger partial charge < -0.3 is 10.6 Å². The van der Waals surface area contributed by atoms with Crippen LogP contribution in [0.5, 0.6) is 0 Å². The largest absolute Gasteiger partial charge is 0.326 e. The monoisotopic (exact) mass is 497 g/mol. The minimum absolute atomic E-state index is 0.102. The van der Waals surface area contributed by atoms with E-state index < -0.39 is 0 Å². The average Bonchev–Trinajstić information content (AvgIpc) is 3.63. The second-order valence-electron chi connectivity index (χ2n) is 8.84. The van der Waals surface area contributed by atoms with E-state index in [4.69, 9.17) is 0 Å². The fourth-order valence-electron chi connectivity index (χ4n) is 4.08. The molecule has 1 fully saturated rings. The SMILES string of the molecule is CC(=O)Nc1cccc(-n2c(SCC(=O)Nc3ccccc3Cc3ccccc3)nnc2C2CC2)c1. The fraction of sp³-hybridized carbons (Fsp3) is 0.214. The molecular formula is C28H27N5O2S. The van der Waals surface area contributed by atoms with Gasteiger partial charge in [-0.05, 0) is 54.7 Å². The molecule has 0 radical (unpaired) electrons. The quantitative estimate of drug-likeness (QED) is 0.301. The fourth-order valence-corrected chi connectivity index (χ4v) is 4.84. The van der Waals surface area contributed by atoms with Crippen LogP contribution in [-0.4, -0.2) is 32.3 Å². The van der Waals surface area contributed by atoms with Crippen LogP contribution in [0.4, 0.5) is 11.4 Å². The molecule has 0 atom stereocenters. The number of nitrogens with one attached hydrogen (secondary N) is 2. The molecule has 0 aliphatic heterocycles. The first-order chi connectivity index (χ1) is 17.6. The molecule has 2 N–H and O–H groups in total. The summed E-state index contributed by atoms with van der Waals surface area (Å²) in [5, 5.41) is 15.4. The highest BCUT2D eigenvalue weighted by Gasteiger charge is 2.31. The summed E-state index contributed by atoms with van der Waals surface area (Å²) in [6.07, 6.45) is 2.90. The smallest absolute Gasteiger partial charge is 0.234 e. The van der Waals surface area contributed by atoms with Crippen molar-refractivity contribution in [1.29, 1.82) is 0 Å². The van der Waals surface area contributed by atoms with Crippen LogP contribution in [0.3, 0.4) is 0 Å². The number of benzene rings is 3. The van der Waals surface area contributed by atoms with Gasteiger partial charge in [-0.2, -0.15) is 0 Å². The molecule has 7 nitrogen and oxygen atoms in total. The van der Waals surface area contributed by atoms with Crippen molar-refractivity contribution in [3.05, 3.63) is 95.8 Å². The van der Waals surface area contributed by atoms with E-state index in [1.165, 1.54) is 24.2 Å². The molecule has 3 aromatic carbocycles. The highest BCUT2D eigenvalue weighted by Crippen LogP contribution is 2.41. The second kappa shape index (κ2) is 10.8. The van der Waals surface area contributed by atoms with Crippen LogP contribution in [0, 0.1) is 0 Å². The number of anilines is 2. The third-order valence-corrected chi connectivity index (χ3v) is 6.82. The van der Waals surface area contributed by atoms with Gasteiger partial charge in [-0.25, -0.2) is 0 Å². The lowest BCUT2D eigenvalue weighted by Gasteiger charge is -2.13. The zero-order chi connectivity index (χ0) is 24.9. The predicted octanol–water partition coefficient (Wildman–Crippen LogP) is 5.42. The van der Waals surface area contributed by atoms with Crippen LogP contribution >= 0.6 is 11.8 Å². The van der Waals surface area contributed by atoms with Gasteiger partial charge >= 0.3 is 0 Å². The van der Waals surface area contributed by atoms with Crippen LogP contribution in [0.25, 0.3) is 5.69 Å². The van der Waals surface area contributed by atoms with Crippen molar-refractivity contribution in [3.63, 3.8) is 0 Å². The first-order valence-electron chi connectivity index (χ1n) is 11.9. The Morgan fingerprint density at radius 3 is 2.50 bits per heavy atom. The number of rotatable bonds is 9. The number of hydrogen-bond donors (Lipinski definition) is 2. The summed E-state index contributed by atoms with van der Waals surface area (Å²) < 4.78 is 2.00. The number of aromatic nitrogens is 3. The van der Waals surface area contributed by atoms with Gasteiger partial charge in [0.05, 0.1) is 11.4 Å². The zero-order valence-corrected chi connectivity index (χ0v) is 20.8. The van der Waals surface area contributed by atoms with Gasteiger partial charge in [-0.3, -0.25) is 14.2 Å². The third-order valence-electron chi connectivity index (χ3n) is 5.89. The molecular weight excluding hydrogens is 470 g/mol. The molecule has 2 amide bonds. The maximum Gasteiger partial charge on any atom is 0.234 e. The second-order valence-corrected chi connectivity index (χ2v) is 9.78. The summed E-state index contributed by atoms with van der Waals surface area (Å²) in [5.41, 5.74) is 4.64. The van der Waals surface area contributed by atoms with Gasteiger partial charge in [0.15, 0.2) is 5.16 Å². The molecule has 1 aromatic heterocycles. The van der Waals surface area contributed by atoms with E-state index in [2.05, 4.69) is 33.0 Å². The summed E-state index contributed by atoms with van der Waals surface area (Å²) in [5.74, 6) is 1.24. The molecule has 1 heterocycles. The number of carbonyl (C=O) groups is 2. The van der Waals surface area contributed by atoms with E-state index in [-0.39, 0.29) is 17.6 Å². The Balaban J connectivity index is 1.31. The highest BCUT2D eigenvalue weighted by atomic mass is 32.2. The lowest BCUT2D eigenvalue weighted by molar-refractivity contribution is -0.114. The number of amides is 2. The summed E-state index contributed by atoms with van der Waals surface area (Å²) in [4.78, 5) is 24.5. The maximum atomic E-state index is 12.9. The van der Waals surface area contributed by atoms with Gasteiger partial charge in [-0.1, -0.05) is 66.4 Å². The third kappa shape index (κ3) is 5.83. The molecule has 36 heavy (non-hydrogen) atoms. The van der Waals surface area contributed by atoms with E-state index in [0.717, 1.165) is 42.0 Å². The summed E-state index contributed by atoms with van der Waals surface area (Å²) in [7, 11) is 0. The van der Waals surface area contributed by atoms with Crippen molar-refractivity contribution in [2.45, 2.75) is 37.3 Å². The number of hydrogen-bond acceptors (Lipinski definition) is 5. The van der Waals surface area contributed by atoms with Gasteiger partial charge in [0.1, 0.15) is 5.82 Å². The number of carbonyl (C=O) groups excluding carboxylic acids is 2. The summed E-state index contributed by atoms with van der Waals surface area (Å²) >= 11 is 1.35. The van der Waals surface area contributed by atoms with Crippen LogP contribution < -0.4 is 10.6 Å². The van der Waals surface area contributed by atoms with Gasteiger partial charge in [-0.15, -0.1) is 10.2 Å². The number of thioether (sulfide) groups is 1. The molecule has 0 saturated heterocycles. The first kappa shape index (κ1) is 23.8. The molecule has 4 aromatic rings. The lowest BCUT2D eigenvalue weighted by Crippen LogP contribution is -2.16. The van der Waals surface area contributed by atoms with Gasteiger partial charge in [0, 0.05) is 24.2 Å². The topological polar surface area (TPSA) is 88.9 Å². The average molecular weight is 498 g/mol. The van der Waals surface area contributed by atoms with Crippen molar-refractivity contribution in [2.24, 2.45) is 0 Å². The Hall–Kier alpha value is -3.91. The lowest BCUT2D eigenvalue weighted by atomic mass is 10.0. The number of para-hydroxylation sites is 1. The molecule has 0 bridgehead atoms. The Labute approximate surface area is 214 Å². The van der Waals surface area contributed by atoms with E-state index in [9.17, 15) is 9.59 Å². The van der Waals surface area contributed by atoms with Crippen LogP contribution in [0.2, 0.25) is 0 Å². The van der Waals surface area contributed by atoms with E-state index >= 15 is 0 Å². The van der Waals surface area contributed by atoms with E-state index in [1.807, 2.05) is 71.3 Å². The summed E-state index contributed by atoms with van der Waals surface area (Å²) in [6.45, 7) is 1.49. The molecule has 1 saturated carbocycles. The van der Waals surface area contributed by atoms with Gasteiger partial charge in [0.2, 0.25) is 11.8 Å². The normalized spacial score (nSPS) is 12.8. The Bertz CT molecular complexity index is 1380. The minimum atomic E-state index is -0.128. The van der Waals surface area contributed by atoms with Crippen molar-refractivity contribution in [3.8, 4) is 5.69 Å². The van der Waals surface area contributed by atoms with E-state index in [0.29, 0.717) is 16.8 Å². The predicted molar refractivity (Wildman–Crippen MR) is 143 cm³/mol. The van der Waals surface area contributed by atoms with Crippen LogP contribution in [0.1, 0.15) is 42.6 Å². The molecule has 1 aliphatic rings. The standard InChI is InChI=1S/C28H27N5O2S/c1-19(34)29-23-11-7-12-24(17-23)33-27(21-14-15-21)31-32-28(33)36-18-26(35)30-25-13-6-5-10-22(25)16-20-8-3-2-4-9-20/h2-13,17,21H,14-16,18H2,1H3,(H,29,34)(H,30,35). The Morgan fingerprint density at radius 2 is 1.72 bits per heavy atom. The molecule has 0 spiro atoms. The van der Waals surface area contributed by atoms with Crippen molar-refractivity contribution in [2.75, 3.05) is 16.4 Å². The molecule has 5 rings (SSSR count). The maximum absolute atomic E-state index is 12.9. The van der Waals surface area contributed by atoms with E-state index in [1.54, 1.807) is 0 Å². The molecule has 8 heteroatoms. The zero-order valence-electron chi connectivity index (χ0n) is 20.0. The van der Waals surface area contributed by atoms with Gasteiger partial charge in [0.25, 0.3) is 0 Å². The number of nitrogens with zero attached hydrogens (tertiary/aromatic N) is 3. The summed E-state index contributed by atoms with van der Waals surface area (Å²) in [6, 6.07) is 25.7. The molecule has 182 valence electrons. The molecule has 0 unspecified atom stereocenters. The highest BCUT2D eigenvalue weighted by molar-refractivity contribution is 7.99. The van der Waals surface area contributed by atoms with Crippen molar-refractivity contribution in [1.82, 2.24) is 14.8 Å². The molecule has 1 aliphatic carbocycles. The minimum Gasteiger partial charge on any atom is -0.326 e. The van der Waals surface area contributed by atoms with Crippen molar-refractivity contribution >= 4 is 35.0 Å². The van der Waals surface area contributed by atoms with Crippen LogP contribution in [0.15, 0.2) is 84.0 Å². The first-order valence-corrected chi connectivity index (χ1v) is 12.9.